The predicted molar refractivity (Wildman–Crippen MR) is 78.2 cm³/mol. The summed E-state index contributed by atoms with van der Waals surface area (Å²) in [6.45, 7) is 0. The molecule has 0 aliphatic carbocycles. The number of nitrogens with zero attached hydrogens (tertiary/aromatic N) is 1. The van der Waals surface area contributed by atoms with Crippen molar-refractivity contribution in [1.82, 2.24) is 0 Å². The lowest BCUT2D eigenvalue weighted by atomic mass is 10.1. The molecule has 0 radical (unpaired) electrons. The number of hydrogen-bond donors (Lipinski definition) is 2. The summed E-state index contributed by atoms with van der Waals surface area (Å²) < 4.78 is 0. The molecule has 1 N–H and O–H groups in total. The van der Waals surface area contributed by atoms with Gasteiger partial charge in [0.15, 0.2) is 0 Å². The van der Waals surface area contributed by atoms with Gasteiger partial charge < -0.3 is 5.11 Å². The number of carbonyl (C=O) groups is 3. The Hall–Kier alpha value is -2.60. The van der Waals surface area contributed by atoms with E-state index in [1.807, 2.05) is 0 Å². The summed E-state index contributed by atoms with van der Waals surface area (Å²) >= 11 is 4.15. The Bertz CT molecular complexity index is 783. The van der Waals surface area contributed by atoms with Crippen molar-refractivity contribution in [3.05, 3.63) is 59.2 Å². The van der Waals surface area contributed by atoms with E-state index in [2.05, 4.69) is 12.6 Å². The fourth-order valence-electron chi connectivity index (χ4n) is 2.21. The van der Waals surface area contributed by atoms with Gasteiger partial charge in [-0.05, 0) is 42.5 Å². The molecule has 2 aromatic carbocycles. The lowest BCUT2D eigenvalue weighted by Gasteiger charge is -2.13. The zero-order valence-corrected chi connectivity index (χ0v) is 11.5. The number of carbonyl (C=O) groups excluding carboxylic acids is 2. The second kappa shape index (κ2) is 4.75. The first-order valence-electron chi connectivity index (χ1n) is 6.04. The van der Waals surface area contributed by atoms with Gasteiger partial charge in [-0.3, -0.25) is 9.59 Å². The molecule has 0 saturated carbocycles. The molecule has 2 aromatic rings. The Kier molecular flexibility index (Phi) is 3.03. The van der Waals surface area contributed by atoms with Crippen LogP contribution in [0.3, 0.4) is 0 Å². The normalized spacial score (nSPS) is 13.5. The minimum atomic E-state index is -1.14. The van der Waals surface area contributed by atoms with E-state index in [-0.39, 0.29) is 16.7 Å². The van der Waals surface area contributed by atoms with Crippen molar-refractivity contribution in [3.63, 3.8) is 0 Å². The Balaban J connectivity index is 2.08. The van der Waals surface area contributed by atoms with E-state index in [9.17, 15) is 14.4 Å². The number of fused-ring (bicyclic) bond motifs is 1. The van der Waals surface area contributed by atoms with Gasteiger partial charge in [-0.1, -0.05) is 0 Å². The van der Waals surface area contributed by atoms with Crippen LogP contribution in [0.4, 0.5) is 5.69 Å². The molecule has 0 unspecified atom stereocenters. The maximum Gasteiger partial charge on any atom is 0.335 e. The van der Waals surface area contributed by atoms with Crippen molar-refractivity contribution >= 4 is 36.1 Å². The molecule has 0 fully saturated rings. The number of aromatic carboxylic acids is 1. The first-order chi connectivity index (χ1) is 9.99. The van der Waals surface area contributed by atoms with Gasteiger partial charge in [-0.25, -0.2) is 9.69 Å². The summed E-state index contributed by atoms with van der Waals surface area (Å²) in [5, 5.41) is 8.96. The highest BCUT2D eigenvalue weighted by molar-refractivity contribution is 7.80. The lowest BCUT2D eigenvalue weighted by Crippen LogP contribution is -2.29. The summed E-state index contributed by atoms with van der Waals surface area (Å²) in [5.74, 6) is -2.13. The van der Waals surface area contributed by atoms with E-state index in [0.717, 1.165) is 4.90 Å². The molecular formula is C15H9NO4S. The fraction of sp³-hybridized carbons (Fsp3) is 0. The number of thiol groups is 1. The highest BCUT2D eigenvalue weighted by atomic mass is 32.1. The van der Waals surface area contributed by atoms with Crippen LogP contribution in [-0.2, 0) is 0 Å². The Morgan fingerprint density at radius 1 is 0.952 bits per heavy atom. The van der Waals surface area contributed by atoms with Crippen LogP contribution in [0, 0.1) is 0 Å². The third-order valence-electron chi connectivity index (χ3n) is 3.24. The number of carboxylic acids is 1. The van der Waals surface area contributed by atoms with E-state index in [1.165, 1.54) is 18.2 Å². The molecule has 1 aliphatic heterocycles. The van der Waals surface area contributed by atoms with Gasteiger partial charge >= 0.3 is 5.97 Å². The van der Waals surface area contributed by atoms with Gasteiger partial charge in [0.2, 0.25) is 0 Å². The summed E-state index contributed by atoms with van der Waals surface area (Å²) in [4.78, 5) is 37.4. The second-order valence-electron chi connectivity index (χ2n) is 4.53. The number of benzene rings is 2. The minimum Gasteiger partial charge on any atom is -0.478 e. The summed E-state index contributed by atoms with van der Waals surface area (Å²) in [5.41, 5.74) is 0.716. The Morgan fingerprint density at radius 3 is 2.19 bits per heavy atom. The molecule has 2 amide bonds. The van der Waals surface area contributed by atoms with Crippen LogP contribution >= 0.6 is 12.6 Å². The van der Waals surface area contributed by atoms with Crippen LogP contribution in [0.25, 0.3) is 0 Å². The van der Waals surface area contributed by atoms with Crippen molar-refractivity contribution in [2.45, 2.75) is 4.90 Å². The number of anilines is 1. The second-order valence-corrected chi connectivity index (χ2v) is 5.04. The number of carboxylic acid groups (broad SMARTS) is 1. The molecule has 0 atom stereocenters. The van der Waals surface area contributed by atoms with Crippen molar-refractivity contribution in [3.8, 4) is 0 Å². The summed E-state index contributed by atoms with van der Waals surface area (Å²) in [7, 11) is 0. The summed E-state index contributed by atoms with van der Waals surface area (Å²) in [6.07, 6.45) is 0. The first-order valence-corrected chi connectivity index (χ1v) is 6.49. The standard InChI is InChI=1S/C15H9NO4S/c17-13-11-6-1-8(15(19)20)7-12(11)14(18)16(13)9-2-4-10(21)5-3-9/h1-7,21H,(H,19,20). The first kappa shape index (κ1) is 13.4. The quantitative estimate of drug-likeness (QED) is 0.660. The number of imide groups is 1. The van der Waals surface area contributed by atoms with E-state index in [1.54, 1.807) is 24.3 Å². The molecule has 3 rings (SSSR count). The van der Waals surface area contributed by atoms with Crippen molar-refractivity contribution < 1.29 is 19.5 Å². The lowest BCUT2D eigenvalue weighted by molar-refractivity contribution is 0.0696. The molecule has 1 heterocycles. The van der Waals surface area contributed by atoms with Gasteiger partial charge in [-0.15, -0.1) is 12.6 Å². The maximum absolute atomic E-state index is 12.4. The zero-order valence-electron chi connectivity index (χ0n) is 10.6. The minimum absolute atomic E-state index is 0.0255. The van der Waals surface area contributed by atoms with Crippen LogP contribution in [-0.4, -0.2) is 22.9 Å². The molecular weight excluding hydrogens is 290 g/mol. The van der Waals surface area contributed by atoms with Crippen LogP contribution in [0.2, 0.25) is 0 Å². The Labute approximate surface area is 125 Å². The van der Waals surface area contributed by atoms with Crippen LogP contribution in [0.5, 0.6) is 0 Å². The van der Waals surface area contributed by atoms with E-state index in [4.69, 9.17) is 5.11 Å². The highest BCUT2D eigenvalue weighted by Crippen LogP contribution is 2.29. The molecule has 0 saturated heterocycles. The van der Waals surface area contributed by atoms with Gasteiger partial charge in [0.25, 0.3) is 11.8 Å². The number of rotatable bonds is 2. The van der Waals surface area contributed by atoms with Gasteiger partial charge in [-0.2, -0.15) is 0 Å². The average Bonchev–Trinajstić information content (AvgIpc) is 2.72. The maximum atomic E-state index is 12.4. The molecule has 21 heavy (non-hydrogen) atoms. The highest BCUT2D eigenvalue weighted by Gasteiger charge is 2.37. The smallest absolute Gasteiger partial charge is 0.335 e. The van der Waals surface area contributed by atoms with Crippen molar-refractivity contribution in [1.29, 1.82) is 0 Å². The zero-order chi connectivity index (χ0) is 15.1. The van der Waals surface area contributed by atoms with Gasteiger partial charge in [0.05, 0.1) is 22.4 Å². The molecule has 1 aliphatic rings. The topological polar surface area (TPSA) is 74.7 Å². The van der Waals surface area contributed by atoms with E-state index >= 15 is 0 Å². The Morgan fingerprint density at radius 2 is 1.57 bits per heavy atom. The van der Waals surface area contributed by atoms with Crippen molar-refractivity contribution in [2.75, 3.05) is 4.90 Å². The molecule has 5 nitrogen and oxygen atoms in total. The summed E-state index contributed by atoms with van der Waals surface area (Å²) in [6, 6.07) is 10.5. The molecule has 104 valence electrons. The van der Waals surface area contributed by atoms with Crippen LogP contribution in [0.15, 0.2) is 47.4 Å². The monoisotopic (exact) mass is 299 g/mol. The fourth-order valence-corrected chi connectivity index (χ4v) is 2.36. The van der Waals surface area contributed by atoms with E-state index < -0.39 is 17.8 Å². The number of amides is 2. The largest absolute Gasteiger partial charge is 0.478 e. The molecule has 0 aromatic heterocycles. The molecule has 6 heteroatoms. The van der Waals surface area contributed by atoms with E-state index in [0.29, 0.717) is 10.6 Å². The third-order valence-corrected chi connectivity index (χ3v) is 3.54. The van der Waals surface area contributed by atoms with Gasteiger partial charge in [0, 0.05) is 4.90 Å². The third kappa shape index (κ3) is 2.09. The average molecular weight is 299 g/mol. The van der Waals surface area contributed by atoms with Crippen LogP contribution < -0.4 is 4.90 Å². The SMILES string of the molecule is O=C(O)c1ccc2c(c1)C(=O)N(c1ccc(S)cc1)C2=O. The predicted octanol–water partition coefficient (Wildman–Crippen LogP) is 2.47. The van der Waals surface area contributed by atoms with Crippen molar-refractivity contribution in [2.24, 2.45) is 0 Å². The number of hydrogen-bond acceptors (Lipinski definition) is 4. The molecule has 0 bridgehead atoms. The van der Waals surface area contributed by atoms with Gasteiger partial charge in [0.1, 0.15) is 0 Å². The van der Waals surface area contributed by atoms with Crippen LogP contribution in [0.1, 0.15) is 31.1 Å². The molecule has 0 spiro atoms.